The Morgan fingerprint density at radius 1 is 1.41 bits per heavy atom. The Labute approximate surface area is 99.8 Å². The van der Waals surface area contributed by atoms with E-state index in [0.717, 1.165) is 13.1 Å². The predicted molar refractivity (Wildman–Crippen MR) is 64.5 cm³/mol. The molecule has 1 unspecified atom stereocenters. The van der Waals surface area contributed by atoms with E-state index in [4.69, 9.17) is 0 Å². The zero-order chi connectivity index (χ0) is 12.3. The number of anilines is 1. The standard InChI is InChI=1S/C12H16FN3O/c1-16(11-5-3-2-4-9(11)13)12(17)10-8-14-6-7-15-10/h2-5,10,14-15H,6-8H2,1H3. The van der Waals surface area contributed by atoms with Gasteiger partial charge in [-0.1, -0.05) is 12.1 Å². The van der Waals surface area contributed by atoms with E-state index < -0.39 is 0 Å². The molecule has 2 N–H and O–H groups in total. The van der Waals surface area contributed by atoms with Crippen molar-refractivity contribution < 1.29 is 9.18 Å². The number of para-hydroxylation sites is 1. The summed E-state index contributed by atoms with van der Waals surface area (Å²) in [6, 6.07) is 6.00. The van der Waals surface area contributed by atoms with Gasteiger partial charge in [-0.05, 0) is 12.1 Å². The summed E-state index contributed by atoms with van der Waals surface area (Å²) in [6.45, 7) is 2.19. The van der Waals surface area contributed by atoms with Crippen LogP contribution in [0.2, 0.25) is 0 Å². The minimum atomic E-state index is -0.382. The first kappa shape index (κ1) is 12.0. The molecule has 5 heteroatoms. The second kappa shape index (κ2) is 5.25. The van der Waals surface area contributed by atoms with Crippen molar-refractivity contribution in [2.75, 3.05) is 31.6 Å². The number of hydrogen-bond donors (Lipinski definition) is 2. The highest BCUT2D eigenvalue weighted by molar-refractivity contribution is 5.97. The van der Waals surface area contributed by atoms with E-state index in [0.29, 0.717) is 12.2 Å². The maximum Gasteiger partial charge on any atom is 0.245 e. The minimum Gasteiger partial charge on any atom is -0.313 e. The molecule has 0 aromatic heterocycles. The van der Waals surface area contributed by atoms with Gasteiger partial charge in [0, 0.05) is 26.7 Å². The summed E-state index contributed by atoms with van der Waals surface area (Å²) in [6.07, 6.45) is 0. The molecule has 1 heterocycles. The maximum absolute atomic E-state index is 13.5. The molecule has 1 aromatic rings. The number of nitrogens with one attached hydrogen (secondary N) is 2. The molecule has 0 aliphatic carbocycles. The third kappa shape index (κ3) is 2.62. The molecule has 0 saturated carbocycles. The largest absolute Gasteiger partial charge is 0.313 e. The zero-order valence-corrected chi connectivity index (χ0v) is 9.74. The van der Waals surface area contributed by atoms with Crippen LogP contribution < -0.4 is 15.5 Å². The van der Waals surface area contributed by atoms with E-state index in [1.165, 1.54) is 11.0 Å². The van der Waals surface area contributed by atoms with Crippen LogP contribution >= 0.6 is 0 Å². The summed E-state index contributed by atoms with van der Waals surface area (Å²) in [5, 5.41) is 6.25. The van der Waals surface area contributed by atoms with E-state index in [9.17, 15) is 9.18 Å². The number of benzene rings is 1. The topological polar surface area (TPSA) is 44.4 Å². The van der Waals surface area contributed by atoms with Gasteiger partial charge in [-0.25, -0.2) is 4.39 Å². The lowest BCUT2D eigenvalue weighted by Gasteiger charge is -2.28. The van der Waals surface area contributed by atoms with Crippen LogP contribution in [0, 0.1) is 5.82 Å². The zero-order valence-electron chi connectivity index (χ0n) is 9.74. The molecule has 0 spiro atoms. The smallest absolute Gasteiger partial charge is 0.245 e. The summed E-state index contributed by atoms with van der Waals surface area (Å²) < 4.78 is 13.5. The Morgan fingerprint density at radius 3 is 2.82 bits per heavy atom. The highest BCUT2D eigenvalue weighted by atomic mass is 19.1. The number of nitrogens with zero attached hydrogens (tertiary/aromatic N) is 1. The summed E-state index contributed by atoms with van der Waals surface area (Å²) in [5.74, 6) is -0.505. The van der Waals surface area contributed by atoms with E-state index >= 15 is 0 Å². The van der Waals surface area contributed by atoms with Crippen molar-refractivity contribution in [3.63, 3.8) is 0 Å². The van der Waals surface area contributed by atoms with Crippen molar-refractivity contribution in [1.29, 1.82) is 0 Å². The molecule has 0 radical (unpaired) electrons. The second-order valence-corrected chi connectivity index (χ2v) is 4.06. The highest BCUT2D eigenvalue weighted by Gasteiger charge is 2.25. The van der Waals surface area contributed by atoms with Crippen LogP contribution in [0.4, 0.5) is 10.1 Å². The molecule has 1 aliphatic rings. The second-order valence-electron chi connectivity index (χ2n) is 4.06. The average Bonchev–Trinajstić information content (AvgIpc) is 2.39. The molecular weight excluding hydrogens is 221 g/mol. The van der Waals surface area contributed by atoms with Gasteiger partial charge in [-0.2, -0.15) is 0 Å². The van der Waals surface area contributed by atoms with Crippen molar-refractivity contribution in [3.05, 3.63) is 30.1 Å². The third-order valence-corrected chi connectivity index (χ3v) is 2.88. The first-order valence-corrected chi connectivity index (χ1v) is 5.66. The lowest BCUT2D eigenvalue weighted by Crippen LogP contribution is -2.56. The average molecular weight is 237 g/mol. The molecule has 4 nitrogen and oxygen atoms in total. The van der Waals surface area contributed by atoms with Gasteiger partial charge < -0.3 is 15.5 Å². The number of piperazine rings is 1. The molecule has 92 valence electrons. The van der Waals surface area contributed by atoms with Gasteiger partial charge in [-0.3, -0.25) is 4.79 Å². The lowest BCUT2D eigenvalue weighted by atomic mass is 10.2. The van der Waals surface area contributed by atoms with Gasteiger partial charge in [-0.15, -0.1) is 0 Å². The van der Waals surface area contributed by atoms with Crippen molar-refractivity contribution in [2.24, 2.45) is 0 Å². The Morgan fingerprint density at radius 2 is 2.18 bits per heavy atom. The number of hydrogen-bond acceptors (Lipinski definition) is 3. The summed E-state index contributed by atoms with van der Waals surface area (Å²) >= 11 is 0. The van der Waals surface area contributed by atoms with Gasteiger partial charge in [0.15, 0.2) is 0 Å². The fraction of sp³-hybridized carbons (Fsp3) is 0.417. The monoisotopic (exact) mass is 237 g/mol. The fourth-order valence-electron chi connectivity index (χ4n) is 1.90. The van der Waals surface area contributed by atoms with Crippen molar-refractivity contribution >= 4 is 11.6 Å². The van der Waals surface area contributed by atoms with Crippen LogP contribution in [0.25, 0.3) is 0 Å². The van der Waals surface area contributed by atoms with Crippen molar-refractivity contribution in [1.82, 2.24) is 10.6 Å². The highest BCUT2D eigenvalue weighted by Crippen LogP contribution is 2.17. The van der Waals surface area contributed by atoms with E-state index in [1.54, 1.807) is 25.2 Å². The molecular formula is C12H16FN3O. The quantitative estimate of drug-likeness (QED) is 0.780. The van der Waals surface area contributed by atoms with Gasteiger partial charge in [0.1, 0.15) is 5.82 Å². The normalized spacial score (nSPS) is 20.0. The maximum atomic E-state index is 13.5. The summed E-state index contributed by atoms with van der Waals surface area (Å²) in [7, 11) is 1.59. The van der Waals surface area contributed by atoms with Crippen LogP contribution in [0.1, 0.15) is 0 Å². The van der Waals surface area contributed by atoms with E-state index in [-0.39, 0.29) is 17.8 Å². The molecule has 1 atom stereocenters. The first-order chi connectivity index (χ1) is 8.20. The van der Waals surface area contributed by atoms with E-state index in [1.807, 2.05) is 0 Å². The SMILES string of the molecule is CN(C(=O)C1CNCCN1)c1ccccc1F. The minimum absolute atomic E-state index is 0.123. The van der Waals surface area contributed by atoms with Crippen LogP contribution in [-0.2, 0) is 4.79 Å². The number of carbonyl (C=O) groups is 1. The molecule has 17 heavy (non-hydrogen) atoms. The molecule has 1 amide bonds. The number of rotatable bonds is 2. The Balaban J connectivity index is 2.11. The molecule has 1 aliphatic heterocycles. The van der Waals surface area contributed by atoms with Crippen LogP contribution in [0.3, 0.4) is 0 Å². The first-order valence-electron chi connectivity index (χ1n) is 5.66. The number of likely N-dealkylation sites (N-methyl/N-ethyl adjacent to an activating group) is 1. The molecule has 1 aromatic carbocycles. The van der Waals surface area contributed by atoms with Crippen LogP contribution in [0.15, 0.2) is 24.3 Å². The lowest BCUT2D eigenvalue weighted by molar-refractivity contribution is -0.120. The van der Waals surface area contributed by atoms with E-state index in [2.05, 4.69) is 10.6 Å². The third-order valence-electron chi connectivity index (χ3n) is 2.88. The number of carbonyl (C=O) groups excluding carboxylic acids is 1. The van der Waals surface area contributed by atoms with Crippen molar-refractivity contribution in [3.8, 4) is 0 Å². The van der Waals surface area contributed by atoms with Gasteiger partial charge in [0.25, 0.3) is 0 Å². The summed E-state index contributed by atoms with van der Waals surface area (Å²) in [5.41, 5.74) is 0.310. The van der Waals surface area contributed by atoms with Gasteiger partial charge in [0.2, 0.25) is 5.91 Å². The molecule has 0 bridgehead atoms. The number of amides is 1. The Hall–Kier alpha value is -1.46. The Kier molecular flexibility index (Phi) is 3.71. The van der Waals surface area contributed by atoms with Crippen LogP contribution in [-0.4, -0.2) is 38.6 Å². The Bertz CT molecular complexity index is 404. The summed E-state index contributed by atoms with van der Waals surface area (Å²) in [4.78, 5) is 13.5. The molecule has 2 rings (SSSR count). The fourth-order valence-corrected chi connectivity index (χ4v) is 1.90. The van der Waals surface area contributed by atoms with Gasteiger partial charge >= 0.3 is 0 Å². The number of halogens is 1. The molecule has 1 saturated heterocycles. The van der Waals surface area contributed by atoms with Crippen LogP contribution in [0.5, 0.6) is 0 Å². The molecule has 1 fully saturated rings. The predicted octanol–water partition coefficient (Wildman–Crippen LogP) is 0.350. The van der Waals surface area contributed by atoms with Gasteiger partial charge in [0.05, 0.1) is 11.7 Å². The van der Waals surface area contributed by atoms with Crippen molar-refractivity contribution in [2.45, 2.75) is 6.04 Å².